The van der Waals surface area contributed by atoms with E-state index >= 15 is 0 Å². The molecule has 1 aliphatic heterocycles. The van der Waals surface area contributed by atoms with Gasteiger partial charge < -0.3 is 24.3 Å². The Kier molecular flexibility index (Phi) is 5.48. The number of aliphatic hydroxyl groups is 2. The van der Waals surface area contributed by atoms with E-state index in [0.29, 0.717) is 17.2 Å². The van der Waals surface area contributed by atoms with E-state index in [9.17, 15) is 19.8 Å². The van der Waals surface area contributed by atoms with Crippen molar-refractivity contribution in [2.45, 2.75) is 31.5 Å². The van der Waals surface area contributed by atoms with Crippen LogP contribution in [0.25, 0.3) is 10.9 Å². The summed E-state index contributed by atoms with van der Waals surface area (Å²) < 4.78 is 11.8. The first kappa shape index (κ1) is 19.4. The van der Waals surface area contributed by atoms with E-state index < -0.39 is 30.5 Å². The van der Waals surface area contributed by atoms with E-state index in [1.807, 2.05) is 0 Å². The maximum atomic E-state index is 11.5. The number of ether oxygens (including phenoxy) is 2. The molecule has 3 rings (SSSR count). The highest BCUT2D eigenvalue weighted by atomic mass is 35.5. The van der Waals surface area contributed by atoms with Crippen LogP contribution in [0.4, 0.5) is 0 Å². The molecule has 0 bridgehead atoms. The number of benzene rings is 1. The summed E-state index contributed by atoms with van der Waals surface area (Å²) in [4.78, 5) is 22.4. The maximum absolute atomic E-state index is 11.5. The predicted octanol–water partition coefficient (Wildman–Crippen LogP) is 2.60. The van der Waals surface area contributed by atoms with Gasteiger partial charge in [0.1, 0.15) is 30.1 Å². The van der Waals surface area contributed by atoms with E-state index in [4.69, 9.17) is 44.3 Å². The molecule has 1 aromatic carbocycles. The topological polar surface area (TPSA) is 98.0 Å². The Labute approximate surface area is 162 Å². The van der Waals surface area contributed by atoms with Gasteiger partial charge in [-0.15, -0.1) is 0 Å². The summed E-state index contributed by atoms with van der Waals surface area (Å²) in [5.74, 6) is -0.548. The Morgan fingerprint density at radius 3 is 2.54 bits per heavy atom. The molecule has 2 aromatic rings. The fraction of sp³-hybridized carbons (Fsp3) is 0.375. The second-order valence-electron chi connectivity index (χ2n) is 5.82. The summed E-state index contributed by atoms with van der Waals surface area (Å²) in [6.45, 7) is 0.974. The van der Waals surface area contributed by atoms with E-state index in [1.165, 1.54) is 23.6 Å². The number of carbonyl (C=O) groups is 2. The second-order valence-corrected chi connectivity index (χ2v) is 7.00. The summed E-state index contributed by atoms with van der Waals surface area (Å²) in [6, 6.07) is 2.97. The molecule has 4 atom stereocenters. The molecule has 1 fully saturated rings. The minimum Gasteiger partial charge on any atom is -0.463 e. The van der Waals surface area contributed by atoms with Gasteiger partial charge in [0, 0.05) is 12.3 Å². The van der Waals surface area contributed by atoms with Crippen LogP contribution in [0.1, 0.15) is 23.5 Å². The number of hydrogen-bond acceptors (Lipinski definition) is 6. The van der Waals surface area contributed by atoms with Gasteiger partial charge in [-0.25, -0.2) is 0 Å². The molecule has 0 spiro atoms. The van der Waals surface area contributed by atoms with Gasteiger partial charge in [-0.1, -0.05) is 34.8 Å². The van der Waals surface area contributed by atoms with Crippen LogP contribution in [0.3, 0.4) is 0 Å². The van der Waals surface area contributed by atoms with Crippen LogP contribution < -0.4 is 0 Å². The summed E-state index contributed by atoms with van der Waals surface area (Å²) in [6.07, 6.45) is -4.23. The number of hydrogen-bond donors (Lipinski definition) is 2. The van der Waals surface area contributed by atoms with Gasteiger partial charge in [-0.3, -0.25) is 9.59 Å². The Morgan fingerprint density at radius 1 is 1.27 bits per heavy atom. The lowest BCUT2D eigenvalue weighted by Crippen LogP contribution is -2.34. The van der Waals surface area contributed by atoms with E-state index in [1.54, 1.807) is 0 Å². The van der Waals surface area contributed by atoms with E-state index in [-0.39, 0.29) is 27.4 Å². The first-order chi connectivity index (χ1) is 12.3. The van der Waals surface area contributed by atoms with Crippen LogP contribution in [0.5, 0.6) is 0 Å². The van der Waals surface area contributed by atoms with Crippen molar-refractivity contribution < 1.29 is 29.3 Å². The van der Waals surface area contributed by atoms with Gasteiger partial charge in [0.05, 0.1) is 21.1 Å². The molecular formula is C16H14Cl3NO6. The Morgan fingerprint density at radius 2 is 1.92 bits per heavy atom. The van der Waals surface area contributed by atoms with Crippen LogP contribution in [-0.4, -0.2) is 52.0 Å². The lowest BCUT2D eigenvalue weighted by molar-refractivity contribution is -0.147. The molecule has 0 aliphatic carbocycles. The van der Waals surface area contributed by atoms with Crippen LogP contribution >= 0.6 is 34.8 Å². The van der Waals surface area contributed by atoms with Gasteiger partial charge in [-0.2, -0.15) is 0 Å². The molecular weight excluding hydrogens is 409 g/mol. The number of aldehydes is 1. The average molecular weight is 423 g/mol. The van der Waals surface area contributed by atoms with Gasteiger partial charge >= 0.3 is 5.97 Å². The Balaban J connectivity index is 2.07. The third-order valence-electron chi connectivity index (χ3n) is 4.18. The molecule has 2 N–H and O–H groups in total. The van der Waals surface area contributed by atoms with Crippen LogP contribution in [0.2, 0.25) is 15.2 Å². The van der Waals surface area contributed by atoms with Crippen molar-refractivity contribution in [1.29, 1.82) is 0 Å². The van der Waals surface area contributed by atoms with E-state index in [0.717, 1.165) is 0 Å². The fourth-order valence-electron chi connectivity index (χ4n) is 2.94. The molecule has 1 aromatic heterocycles. The number of esters is 1. The highest BCUT2D eigenvalue weighted by Crippen LogP contribution is 2.40. The SMILES string of the molecule is CC(=O)OC[C@H]1O[C@@H](n2c(Cl)c(C=O)c3cc(Cl)c(Cl)cc32)C(O)C1O. The molecule has 26 heavy (non-hydrogen) atoms. The summed E-state index contributed by atoms with van der Waals surface area (Å²) in [7, 11) is 0. The number of rotatable bonds is 4. The number of halogens is 3. The zero-order chi connectivity index (χ0) is 19.2. The molecule has 140 valence electrons. The Hall–Kier alpha value is -1.35. The molecule has 2 unspecified atom stereocenters. The predicted molar refractivity (Wildman–Crippen MR) is 94.9 cm³/mol. The number of aromatic nitrogens is 1. The molecule has 0 saturated carbocycles. The van der Waals surface area contributed by atoms with Crippen molar-refractivity contribution in [3.63, 3.8) is 0 Å². The fourth-order valence-corrected chi connectivity index (χ4v) is 3.59. The smallest absolute Gasteiger partial charge is 0.302 e. The number of fused-ring (bicyclic) bond motifs is 1. The molecule has 2 heterocycles. The van der Waals surface area contributed by atoms with E-state index in [2.05, 4.69) is 0 Å². The number of carbonyl (C=O) groups excluding carboxylic acids is 2. The number of nitrogens with zero attached hydrogens (tertiary/aromatic N) is 1. The maximum Gasteiger partial charge on any atom is 0.302 e. The summed E-state index contributed by atoms with van der Waals surface area (Å²) in [5, 5.41) is 21.5. The minimum absolute atomic E-state index is 0.00211. The van der Waals surface area contributed by atoms with Gasteiger partial charge in [0.2, 0.25) is 0 Å². The quantitative estimate of drug-likeness (QED) is 0.580. The van der Waals surface area contributed by atoms with Crippen molar-refractivity contribution in [3.8, 4) is 0 Å². The van der Waals surface area contributed by atoms with Crippen LogP contribution in [0, 0.1) is 0 Å². The normalized spacial score (nSPS) is 25.6. The number of aliphatic hydroxyl groups excluding tert-OH is 2. The van der Waals surface area contributed by atoms with Gasteiger partial charge in [0.25, 0.3) is 0 Å². The first-order valence-corrected chi connectivity index (χ1v) is 8.68. The second kappa shape index (κ2) is 7.34. The lowest BCUT2D eigenvalue weighted by atomic mass is 10.1. The molecule has 1 aliphatic rings. The van der Waals surface area contributed by atoms with Crippen molar-refractivity contribution >= 4 is 58.0 Å². The molecule has 0 amide bonds. The van der Waals surface area contributed by atoms with Crippen molar-refractivity contribution in [2.75, 3.05) is 6.61 Å². The third-order valence-corrected chi connectivity index (χ3v) is 5.29. The highest BCUT2D eigenvalue weighted by molar-refractivity contribution is 6.43. The highest BCUT2D eigenvalue weighted by Gasteiger charge is 2.45. The first-order valence-electron chi connectivity index (χ1n) is 7.54. The van der Waals surface area contributed by atoms with Crippen molar-refractivity contribution in [2.24, 2.45) is 0 Å². The minimum atomic E-state index is -1.38. The third kappa shape index (κ3) is 3.19. The summed E-state index contributed by atoms with van der Waals surface area (Å²) >= 11 is 18.4. The van der Waals surface area contributed by atoms with Crippen LogP contribution in [-0.2, 0) is 14.3 Å². The largest absolute Gasteiger partial charge is 0.463 e. The van der Waals surface area contributed by atoms with Crippen molar-refractivity contribution in [1.82, 2.24) is 4.57 Å². The molecule has 10 heteroatoms. The summed E-state index contributed by atoms with van der Waals surface area (Å²) in [5.41, 5.74) is 0.546. The monoisotopic (exact) mass is 421 g/mol. The van der Waals surface area contributed by atoms with Gasteiger partial charge in [-0.05, 0) is 12.1 Å². The zero-order valence-electron chi connectivity index (χ0n) is 13.4. The van der Waals surface area contributed by atoms with Crippen molar-refractivity contribution in [3.05, 3.63) is 32.9 Å². The van der Waals surface area contributed by atoms with Gasteiger partial charge in [0.15, 0.2) is 12.5 Å². The molecule has 1 saturated heterocycles. The molecule has 7 nitrogen and oxygen atoms in total. The van der Waals surface area contributed by atoms with Crippen LogP contribution in [0.15, 0.2) is 12.1 Å². The Bertz CT molecular complexity index is 883. The standard InChI is InChI=1S/C16H14Cl3NO6/c1-6(22)25-5-12-13(23)14(24)16(26-12)20-11-3-10(18)9(17)2-7(11)8(4-21)15(20)19/h2-4,12-14,16,23-24H,5H2,1H3/t12-,13?,14?,16-/m1/s1. The zero-order valence-corrected chi connectivity index (χ0v) is 15.6. The lowest BCUT2D eigenvalue weighted by Gasteiger charge is -2.19. The molecule has 0 radical (unpaired) electrons. The average Bonchev–Trinajstić information content (AvgIpc) is 3.00.